The molecule has 1 saturated heterocycles. The quantitative estimate of drug-likeness (QED) is 0.803. The fraction of sp³-hybridized carbons (Fsp3) is 0.833. The van der Waals surface area contributed by atoms with Crippen LogP contribution in [0.1, 0.15) is 33.1 Å². The first-order valence-corrected chi connectivity index (χ1v) is 6.02. The van der Waals surface area contributed by atoms with Crippen molar-refractivity contribution in [1.29, 1.82) is 0 Å². The van der Waals surface area contributed by atoms with Crippen molar-refractivity contribution in [3.8, 4) is 0 Å². The van der Waals surface area contributed by atoms with Crippen LogP contribution in [0.2, 0.25) is 0 Å². The van der Waals surface area contributed by atoms with E-state index in [1.807, 2.05) is 6.92 Å². The van der Waals surface area contributed by atoms with E-state index in [2.05, 4.69) is 0 Å². The second-order valence-electron chi connectivity index (χ2n) is 4.69. The van der Waals surface area contributed by atoms with Gasteiger partial charge in [0.25, 0.3) is 5.91 Å². The van der Waals surface area contributed by atoms with Gasteiger partial charge in [0, 0.05) is 20.2 Å². The van der Waals surface area contributed by atoms with Crippen LogP contribution in [-0.4, -0.2) is 47.7 Å². The number of carboxylic acid groups (broad SMARTS) is 1. The topological polar surface area (TPSA) is 66.8 Å². The Labute approximate surface area is 102 Å². The summed E-state index contributed by atoms with van der Waals surface area (Å²) in [6.07, 6.45) is 1.68. The van der Waals surface area contributed by atoms with Crippen molar-refractivity contribution in [3.05, 3.63) is 0 Å². The summed E-state index contributed by atoms with van der Waals surface area (Å²) in [5, 5.41) is 8.89. The van der Waals surface area contributed by atoms with Crippen molar-refractivity contribution in [1.82, 2.24) is 4.90 Å². The Morgan fingerprint density at radius 3 is 2.29 bits per heavy atom. The number of piperidine rings is 1. The molecule has 5 heteroatoms. The molecule has 0 aromatic carbocycles. The number of carboxylic acids is 1. The van der Waals surface area contributed by atoms with Crippen LogP contribution in [0, 0.1) is 5.92 Å². The predicted molar refractivity (Wildman–Crippen MR) is 62.6 cm³/mol. The molecule has 0 spiro atoms. The fourth-order valence-corrected chi connectivity index (χ4v) is 2.05. The summed E-state index contributed by atoms with van der Waals surface area (Å²) in [6.45, 7) is 4.70. The van der Waals surface area contributed by atoms with Gasteiger partial charge in [0.2, 0.25) is 0 Å². The van der Waals surface area contributed by atoms with E-state index in [1.54, 1.807) is 11.8 Å². The monoisotopic (exact) mass is 243 g/mol. The minimum Gasteiger partial charge on any atom is -0.481 e. The molecule has 1 amide bonds. The Balaban J connectivity index is 2.60. The van der Waals surface area contributed by atoms with Gasteiger partial charge in [-0.25, -0.2) is 0 Å². The van der Waals surface area contributed by atoms with Gasteiger partial charge in [-0.3, -0.25) is 9.59 Å². The van der Waals surface area contributed by atoms with Gasteiger partial charge in [-0.2, -0.15) is 0 Å². The number of carbonyl (C=O) groups excluding carboxylic acids is 1. The summed E-state index contributed by atoms with van der Waals surface area (Å²) >= 11 is 0. The highest BCUT2D eigenvalue weighted by Gasteiger charge is 2.37. The molecular weight excluding hydrogens is 222 g/mol. The molecule has 5 nitrogen and oxygen atoms in total. The minimum atomic E-state index is -0.782. The molecule has 1 aliphatic rings. The standard InChI is InChI=1S/C12H21NO4/c1-4-12(2,17-3)11(16)13-7-5-9(6-8-13)10(14)15/h9H,4-8H2,1-3H3,(H,14,15). The second kappa shape index (κ2) is 5.49. The van der Waals surface area contributed by atoms with Crippen LogP contribution >= 0.6 is 0 Å². The summed E-state index contributed by atoms with van der Waals surface area (Å²) in [4.78, 5) is 24.7. The van der Waals surface area contributed by atoms with Crippen molar-refractivity contribution in [2.45, 2.75) is 38.7 Å². The third kappa shape index (κ3) is 2.97. The molecule has 0 saturated carbocycles. The number of amides is 1. The number of carbonyl (C=O) groups is 2. The number of ether oxygens (including phenoxy) is 1. The molecule has 0 radical (unpaired) electrons. The van der Waals surface area contributed by atoms with Gasteiger partial charge >= 0.3 is 5.97 Å². The van der Waals surface area contributed by atoms with E-state index in [4.69, 9.17) is 9.84 Å². The maximum absolute atomic E-state index is 12.2. The van der Waals surface area contributed by atoms with Gasteiger partial charge in [-0.1, -0.05) is 6.92 Å². The van der Waals surface area contributed by atoms with Crippen LogP contribution in [0.15, 0.2) is 0 Å². The molecule has 1 unspecified atom stereocenters. The number of nitrogens with zero attached hydrogens (tertiary/aromatic N) is 1. The number of aliphatic carboxylic acids is 1. The summed E-state index contributed by atoms with van der Waals surface area (Å²) in [7, 11) is 1.53. The van der Waals surface area contributed by atoms with E-state index in [9.17, 15) is 9.59 Å². The van der Waals surface area contributed by atoms with Crippen molar-refractivity contribution in [2.24, 2.45) is 5.92 Å². The molecular formula is C12H21NO4. The summed E-state index contributed by atoms with van der Waals surface area (Å²) in [6, 6.07) is 0. The maximum atomic E-state index is 12.2. The van der Waals surface area contributed by atoms with E-state index in [0.717, 1.165) is 0 Å². The lowest BCUT2D eigenvalue weighted by Crippen LogP contribution is -2.51. The van der Waals surface area contributed by atoms with Crippen LogP contribution in [0.3, 0.4) is 0 Å². The van der Waals surface area contributed by atoms with Crippen LogP contribution in [0.4, 0.5) is 0 Å². The molecule has 0 bridgehead atoms. The van der Waals surface area contributed by atoms with Gasteiger partial charge in [0.05, 0.1) is 5.92 Å². The third-order valence-corrected chi connectivity index (χ3v) is 3.71. The van der Waals surface area contributed by atoms with Gasteiger partial charge in [-0.05, 0) is 26.2 Å². The minimum absolute atomic E-state index is 0.0358. The van der Waals surface area contributed by atoms with Crippen LogP contribution in [0.5, 0.6) is 0 Å². The fourth-order valence-electron chi connectivity index (χ4n) is 2.05. The predicted octanol–water partition coefficient (Wildman–Crippen LogP) is 1.12. The number of hydrogen-bond acceptors (Lipinski definition) is 3. The lowest BCUT2D eigenvalue weighted by molar-refractivity contribution is -0.157. The van der Waals surface area contributed by atoms with Gasteiger partial charge in [0.15, 0.2) is 0 Å². The van der Waals surface area contributed by atoms with Gasteiger partial charge in [-0.15, -0.1) is 0 Å². The lowest BCUT2D eigenvalue weighted by Gasteiger charge is -2.36. The van der Waals surface area contributed by atoms with Crippen LogP contribution < -0.4 is 0 Å². The lowest BCUT2D eigenvalue weighted by atomic mass is 9.94. The number of rotatable bonds is 4. The van der Waals surface area contributed by atoms with Crippen molar-refractivity contribution >= 4 is 11.9 Å². The average molecular weight is 243 g/mol. The molecule has 1 N–H and O–H groups in total. The second-order valence-corrected chi connectivity index (χ2v) is 4.69. The van der Waals surface area contributed by atoms with Gasteiger partial charge in [0.1, 0.15) is 5.60 Å². The zero-order valence-electron chi connectivity index (χ0n) is 10.7. The molecule has 98 valence electrons. The summed E-state index contributed by atoms with van der Waals surface area (Å²) < 4.78 is 5.27. The SMILES string of the molecule is CCC(C)(OC)C(=O)N1CCC(C(=O)O)CC1. The smallest absolute Gasteiger partial charge is 0.306 e. The highest BCUT2D eigenvalue weighted by atomic mass is 16.5. The van der Waals surface area contributed by atoms with E-state index >= 15 is 0 Å². The molecule has 0 aliphatic carbocycles. The Morgan fingerprint density at radius 1 is 1.41 bits per heavy atom. The van der Waals surface area contributed by atoms with E-state index in [0.29, 0.717) is 32.4 Å². The van der Waals surface area contributed by atoms with Crippen LogP contribution in [-0.2, 0) is 14.3 Å². The first-order chi connectivity index (χ1) is 7.94. The molecule has 17 heavy (non-hydrogen) atoms. The zero-order chi connectivity index (χ0) is 13.1. The molecule has 1 atom stereocenters. The summed E-state index contributed by atoms with van der Waals surface area (Å²) in [5.74, 6) is -1.11. The first kappa shape index (κ1) is 14.0. The summed E-state index contributed by atoms with van der Waals surface area (Å²) in [5.41, 5.74) is -0.782. The highest BCUT2D eigenvalue weighted by Crippen LogP contribution is 2.23. The first-order valence-electron chi connectivity index (χ1n) is 6.02. The Morgan fingerprint density at radius 2 is 1.94 bits per heavy atom. The van der Waals surface area contributed by atoms with Crippen molar-refractivity contribution in [2.75, 3.05) is 20.2 Å². The van der Waals surface area contributed by atoms with Crippen LogP contribution in [0.25, 0.3) is 0 Å². The molecule has 0 aromatic heterocycles. The highest BCUT2D eigenvalue weighted by molar-refractivity contribution is 5.85. The van der Waals surface area contributed by atoms with E-state index in [-0.39, 0.29) is 11.8 Å². The van der Waals surface area contributed by atoms with E-state index < -0.39 is 11.6 Å². The zero-order valence-corrected chi connectivity index (χ0v) is 10.7. The van der Waals surface area contributed by atoms with Crippen molar-refractivity contribution < 1.29 is 19.4 Å². The molecule has 1 heterocycles. The maximum Gasteiger partial charge on any atom is 0.306 e. The Hall–Kier alpha value is -1.10. The van der Waals surface area contributed by atoms with E-state index in [1.165, 1.54) is 7.11 Å². The van der Waals surface area contributed by atoms with Gasteiger partial charge < -0.3 is 14.7 Å². The molecule has 1 aliphatic heterocycles. The number of hydrogen-bond donors (Lipinski definition) is 1. The Kier molecular flexibility index (Phi) is 4.51. The molecule has 1 rings (SSSR count). The third-order valence-electron chi connectivity index (χ3n) is 3.71. The normalized spacial score (nSPS) is 21.0. The average Bonchev–Trinajstić information content (AvgIpc) is 2.37. The number of likely N-dealkylation sites (tertiary alicyclic amines) is 1. The largest absolute Gasteiger partial charge is 0.481 e. The molecule has 0 aromatic rings. The molecule has 1 fully saturated rings. The number of methoxy groups -OCH3 is 1. The van der Waals surface area contributed by atoms with Crippen molar-refractivity contribution in [3.63, 3.8) is 0 Å². The Bertz CT molecular complexity index is 291.